The number of hydrogen-bond donors (Lipinski definition) is 2. The second-order valence-electron chi connectivity index (χ2n) is 9.10. The van der Waals surface area contributed by atoms with E-state index in [2.05, 4.69) is 17.1 Å². The Labute approximate surface area is 184 Å². The van der Waals surface area contributed by atoms with Gasteiger partial charge in [-0.3, -0.25) is 14.4 Å². The molecule has 2 N–H and O–H groups in total. The first-order valence-corrected chi connectivity index (χ1v) is 11.1. The monoisotopic (exact) mass is 432 g/mol. The smallest absolute Gasteiger partial charge is 0.272 e. The number of nitrogens with one attached hydrogen (secondary N) is 1. The van der Waals surface area contributed by atoms with Crippen molar-refractivity contribution in [2.45, 2.75) is 46.7 Å². The zero-order chi connectivity index (χ0) is 22.6. The van der Waals surface area contributed by atoms with Crippen molar-refractivity contribution in [3.05, 3.63) is 23.4 Å². The van der Waals surface area contributed by atoms with Crippen molar-refractivity contribution in [3.8, 4) is 5.75 Å². The number of aliphatic hydroxyl groups is 1. The highest BCUT2D eigenvalue weighted by molar-refractivity contribution is 6.07. The molecule has 1 fully saturated rings. The molecule has 1 amide bonds. The molecule has 2 heterocycles. The number of benzene rings is 1. The van der Waals surface area contributed by atoms with Gasteiger partial charge in [0.1, 0.15) is 11.3 Å². The Hall–Kier alpha value is -2.16. The van der Waals surface area contributed by atoms with E-state index in [1.54, 1.807) is 7.11 Å². The van der Waals surface area contributed by atoms with Crippen LogP contribution in [0.4, 0.5) is 0 Å². The molecule has 1 unspecified atom stereocenters. The highest BCUT2D eigenvalue weighted by Gasteiger charge is 2.29. The number of nitrogens with zero attached hydrogens (tertiary/aromatic N) is 3. The summed E-state index contributed by atoms with van der Waals surface area (Å²) in [6, 6.07) is 3.57. The minimum absolute atomic E-state index is 0.130. The molecule has 8 nitrogen and oxygen atoms in total. The van der Waals surface area contributed by atoms with Gasteiger partial charge >= 0.3 is 0 Å². The molecular weight excluding hydrogens is 396 g/mol. The van der Waals surface area contributed by atoms with Crippen molar-refractivity contribution in [1.29, 1.82) is 0 Å². The zero-order valence-corrected chi connectivity index (χ0v) is 19.4. The second-order valence-corrected chi connectivity index (χ2v) is 9.10. The van der Waals surface area contributed by atoms with E-state index in [4.69, 9.17) is 14.6 Å². The molecule has 31 heavy (non-hydrogen) atoms. The summed E-state index contributed by atoms with van der Waals surface area (Å²) < 4.78 is 13.0. The normalized spacial score (nSPS) is 16.5. The summed E-state index contributed by atoms with van der Waals surface area (Å²) in [5.74, 6) is 0.433. The van der Waals surface area contributed by atoms with Crippen LogP contribution >= 0.6 is 0 Å². The van der Waals surface area contributed by atoms with Crippen molar-refractivity contribution in [2.24, 2.45) is 5.41 Å². The molecule has 0 aliphatic carbocycles. The van der Waals surface area contributed by atoms with Crippen LogP contribution in [0.25, 0.3) is 10.9 Å². The van der Waals surface area contributed by atoms with Crippen LogP contribution in [0, 0.1) is 5.41 Å². The molecule has 0 bridgehead atoms. The summed E-state index contributed by atoms with van der Waals surface area (Å²) in [6.07, 6.45) is 0.776. The fraction of sp³-hybridized carbons (Fsp3) is 0.652. The predicted octanol–water partition coefficient (Wildman–Crippen LogP) is 2.08. The molecule has 0 radical (unpaired) electrons. The third-order valence-corrected chi connectivity index (χ3v) is 6.02. The van der Waals surface area contributed by atoms with Crippen LogP contribution in [0.2, 0.25) is 0 Å². The summed E-state index contributed by atoms with van der Waals surface area (Å²) in [5, 5.41) is 18.4. The number of carbonyl (C=O) groups is 1. The second kappa shape index (κ2) is 9.97. The first-order valence-electron chi connectivity index (χ1n) is 11.1. The Morgan fingerprint density at radius 3 is 2.58 bits per heavy atom. The molecule has 0 spiro atoms. The van der Waals surface area contributed by atoms with Gasteiger partial charge in [-0.25, -0.2) is 0 Å². The van der Waals surface area contributed by atoms with Crippen LogP contribution in [0.3, 0.4) is 0 Å². The molecule has 1 aliphatic heterocycles. The van der Waals surface area contributed by atoms with Crippen molar-refractivity contribution in [2.75, 3.05) is 46.6 Å². The average Bonchev–Trinajstić information content (AvgIpc) is 3.15. The lowest BCUT2D eigenvalue weighted by Gasteiger charge is -2.29. The van der Waals surface area contributed by atoms with Gasteiger partial charge in [-0.15, -0.1) is 0 Å². The quantitative estimate of drug-likeness (QED) is 0.664. The van der Waals surface area contributed by atoms with Gasteiger partial charge in [-0.05, 0) is 23.5 Å². The van der Waals surface area contributed by atoms with Gasteiger partial charge in [-0.1, -0.05) is 33.8 Å². The molecule has 8 heteroatoms. The number of fused-ring (bicyclic) bond motifs is 1. The molecule has 2 aromatic rings. The van der Waals surface area contributed by atoms with Gasteiger partial charge in [0.05, 0.1) is 39.5 Å². The highest BCUT2D eigenvalue weighted by atomic mass is 16.5. The SMILES string of the molecule is CCc1ccc(OC)c2c1c(C(=O)NC(CO)C(C)(C)C)nn2CCN1CCOCC1. The zero-order valence-electron chi connectivity index (χ0n) is 19.4. The van der Waals surface area contributed by atoms with E-state index in [-0.39, 0.29) is 24.0 Å². The van der Waals surface area contributed by atoms with Crippen molar-refractivity contribution in [1.82, 2.24) is 20.0 Å². The number of rotatable bonds is 8. The van der Waals surface area contributed by atoms with Crippen LogP contribution in [0.5, 0.6) is 5.75 Å². The Kier molecular flexibility index (Phi) is 7.56. The molecule has 1 aromatic carbocycles. The van der Waals surface area contributed by atoms with Crippen LogP contribution < -0.4 is 10.1 Å². The Morgan fingerprint density at radius 2 is 2.00 bits per heavy atom. The van der Waals surface area contributed by atoms with Crippen LogP contribution in [0.15, 0.2) is 12.1 Å². The third kappa shape index (κ3) is 5.19. The van der Waals surface area contributed by atoms with Crippen LogP contribution in [0.1, 0.15) is 43.7 Å². The third-order valence-electron chi connectivity index (χ3n) is 6.02. The number of amides is 1. The largest absolute Gasteiger partial charge is 0.494 e. The van der Waals surface area contributed by atoms with Gasteiger partial charge in [0, 0.05) is 25.0 Å². The summed E-state index contributed by atoms with van der Waals surface area (Å²) in [4.78, 5) is 15.6. The minimum Gasteiger partial charge on any atom is -0.494 e. The maximum atomic E-state index is 13.3. The number of aryl methyl sites for hydroxylation is 1. The van der Waals surface area contributed by atoms with Gasteiger partial charge in [0.15, 0.2) is 5.69 Å². The number of carbonyl (C=O) groups excluding carboxylic acids is 1. The lowest BCUT2D eigenvalue weighted by molar-refractivity contribution is 0.0361. The van der Waals surface area contributed by atoms with E-state index in [9.17, 15) is 9.90 Å². The van der Waals surface area contributed by atoms with E-state index in [1.807, 2.05) is 37.6 Å². The number of ether oxygens (including phenoxy) is 2. The topological polar surface area (TPSA) is 88.8 Å². The average molecular weight is 433 g/mol. The van der Waals surface area contributed by atoms with Crippen molar-refractivity contribution in [3.63, 3.8) is 0 Å². The molecule has 1 atom stereocenters. The fourth-order valence-electron chi connectivity index (χ4n) is 3.96. The first kappa shape index (κ1) is 23.5. The Bertz CT molecular complexity index is 897. The van der Waals surface area contributed by atoms with Gasteiger partial charge in [-0.2, -0.15) is 5.10 Å². The summed E-state index contributed by atoms with van der Waals surface area (Å²) in [5.41, 5.74) is 2.01. The molecule has 1 saturated heterocycles. The van der Waals surface area contributed by atoms with Crippen LogP contribution in [-0.2, 0) is 17.7 Å². The molecule has 1 aromatic heterocycles. The molecule has 3 rings (SSSR count). The Balaban J connectivity index is 2.00. The lowest BCUT2D eigenvalue weighted by Crippen LogP contribution is -2.46. The molecule has 172 valence electrons. The Morgan fingerprint density at radius 1 is 1.29 bits per heavy atom. The summed E-state index contributed by atoms with van der Waals surface area (Å²) in [7, 11) is 1.64. The van der Waals surface area contributed by atoms with E-state index in [1.165, 1.54) is 0 Å². The van der Waals surface area contributed by atoms with Gasteiger partial charge in [0.25, 0.3) is 5.91 Å². The number of hydrogen-bond acceptors (Lipinski definition) is 6. The number of morpholine rings is 1. The maximum Gasteiger partial charge on any atom is 0.272 e. The minimum atomic E-state index is -0.371. The van der Waals surface area contributed by atoms with Crippen molar-refractivity contribution < 1.29 is 19.4 Å². The van der Waals surface area contributed by atoms with E-state index in [0.29, 0.717) is 18.0 Å². The molecular formula is C23H36N4O4. The van der Waals surface area contributed by atoms with Crippen LogP contribution in [-0.4, -0.2) is 78.3 Å². The summed E-state index contributed by atoms with van der Waals surface area (Å²) >= 11 is 0. The standard InChI is InChI=1S/C23H36N4O4/c1-6-16-7-8-17(30-5)21-19(16)20(22(29)24-18(15-28)23(2,3)4)25-27(21)10-9-26-11-13-31-14-12-26/h7-8,18,28H,6,9-15H2,1-5H3,(H,24,29). The highest BCUT2D eigenvalue weighted by Crippen LogP contribution is 2.32. The predicted molar refractivity (Wildman–Crippen MR) is 121 cm³/mol. The van der Waals surface area contributed by atoms with E-state index >= 15 is 0 Å². The van der Waals surface area contributed by atoms with Gasteiger partial charge in [0.2, 0.25) is 0 Å². The van der Waals surface area contributed by atoms with Gasteiger partial charge < -0.3 is 19.9 Å². The van der Waals surface area contributed by atoms with E-state index in [0.717, 1.165) is 55.7 Å². The molecule has 1 aliphatic rings. The fourth-order valence-corrected chi connectivity index (χ4v) is 3.96. The number of aromatic nitrogens is 2. The van der Waals surface area contributed by atoms with E-state index < -0.39 is 0 Å². The first-order chi connectivity index (χ1) is 14.8. The maximum absolute atomic E-state index is 13.3. The van der Waals surface area contributed by atoms with Crippen molar-refractivity contribution >= 4 is 16.8 Å². The lowest BCUT2D eigenvalue weighted by atomic mass is 9.87. The molecule has 0 saturated carbocycles. The summed E-state index contributed by atoms with van der Waals surface area (Å²) in [6.45, 7) is 12.7. The number of methoxy groups -OCH3 is 1. The number of aliphatic hydroxyl groups excluding tert-OH is 1.